The number of carbonyl (C=O) groups is 1. The molecular formula is C25H20N2O6. The summed E-state index contributed by atoms with van der Waals surface area (Å²) in [7, 11) is 0. The summed E-state index contributed by atoms with van der Waals surface area (Å²) in [6, 6.07) is 22.8. The quantitative estimate of drug-likeness (QED) is 0.331. The van der Waals surface area contributed by atoms with Gasteiger partial charge < -0.3 is 14.6 Å². The molecule has 0 bridgehead atoms. The van der Waals surface area contributed by atoms with Crippen LogP contribution < -0.4 is 20.7 Å². The van der Waals surface area contributed by atoms with Crippen molar-refractivity contribution in [3.63, 3.8) is 0 Å². The van der Waals surface area contributed by atoms with Gasteiger partial charge in [0.1, 0.15) is 31.0 Å². The van der Waals surface area contributed by atoms with Crippen molar-refractivity contribution < 1.29 is 19.4 Å². The highest BCUT2D eigenvalue weighted by Gasteiger charge is 2.17. The smallest absolute Gasteiger partial charge is 0.343 e. The fourth-order valence-corrected chi connectivity index (χ4v) is 3.29. The molecule has 0 spiro atoms. The summed E-state index contributed by atoms with van der Waals surface area (Å²) < 4.78 is 13.4. The number of carbonyl (C=O) groups excluding carboxylic acids is 1. The van der Waals surface area contributed by atoms with Gasteiger partial charge in [-0.2, -0.15) is 0 Å². The normalized spacial score (nSPS) is 10.5. The van der Waals surface area contributed by atoms with Crippen molar-refractivity contribution >= 4 is 6.29 Å². The number of aromatic nitrogens is 2. The molecule has 8 nitrogen and oxygen atoms in total. The Labute approximate surface area is 188 Å². The summed E-state index contributed by atoms with van der Waals surface area (Å²) in [4.78, 5) is 36.4. The molecule has 0 radical (unpaired) electrons. The molecule has 0 unspecified atom stereocenters. The first-order chi connectivity index (χ1) is 16.1. The zero-order valence-electron chi connectivity index (χ0n) is 17.5. The van der Waals surface area contributed by atoms with E-state index in [4.69, 9.17) is 9.47 Å². The largest absolute Gasteiger partial charge is 0.494 e. The maximum atomic E-state index is 13.2. The highest BCUT2D eigenvalue weighted by Crippen LogP contribution is 2.24. The Bertz CT molecular complexity index is 1370. The Hall–Kier alpha value is -4.59. The van der Waals surface area contributed by atoms with Crippen molar-refractivity contribution in [1.29, 1.82) is 0 Å². The standard InChI is InChI=1S/C25H20N2O6/c28-17-18-10-12-20(13-11-18)32-14-15-33-22-9-5-4-8-21(22)27-24(30)16-23(29)26(25(27)31)19-6-2-1-3-7-19/h1-13,16-17,30H,14-15H2. The summed E-state index contributed by atoms with van der Waals surface area (Å²) in [5.74, 6) is 0.411. The minimum atomic E-state index is -0.728. The van der Waals surface area contributed by atoms with Crippen molar-refractivity contribution in [3.8, 4) is 28.8 Å². The lowest BCUT2D eigenvalue weighted by Gasteiger charge is -2.16. The second kappa shape index (κ2) is 9.69. The Kier molecular flexibility index (Phi) is 6.36. The minimum Gasteiger partial charge on any atom is -0.494 e. The van der Waals surface area contributed by atoms with Gasteiger partial charge in [-0.15, -0.1) is 0 Å². The third kappa shape index (κ3) is 4.69. The van der Waals surface area contributed by atoms with Crippen LogP contribution in [0.1, 0.15) is 10.4 Å². The number of benzene rings is 3. The first kappa shape index (κ1) is 21.6. The Balaban J connectivity index is 1.59. The molecule has 0 aliphatic carbocycles. The molecule has 0 amide bonds. The fraction of sp³-hybridized carbons (Fsp3) is 0.0800. The zero-order valence-corrected chi connectivity index (χ0v) is 17.5. The summed E-state index contributed by atoms with van der Waals surface area (Å²) in [6.07, 6.45) is 0.752. The van der Waals surface area contributed by atoms with Crippen LogP contribution in [0, 0.1) is 0 Å². The average Bonchev–Trinajstić information content (AvgIpc) is 2.83. The van der Waals surface area contributed by atoms with Gasteiger partial charge in [0.2, 0.25) is 5.88 Å². The number of ether oxygens (including phenoxy) is 2. The van der Waals surface area contributed by atoms with E-state index in [2.05, 4.69) is 0 Å². The molecule has 1 heterocycles. The zero-order chi connectivity index (χ0) is 23.2. The molecule has 166 valence electrons. The van der Waals surface area contributed by atoms with Crippen LogP contribution >= 0.6 is 0 Å². The van der Waals surface area contributed by atoms with E-state index in [-0.39, 0.29) is 18.9 Å². The van der Waals surface area contributed by atoms with Crippen molar-refractivity contribution in [2.75, 3.05) is 13.2 Å². The highest BCUT2D eigenvalue weighted by molar-refractivity contribution is 5.74. The van der Waals surface area contributed by atoms with Gasteiger partial charge in [-0.1, -0.05) is 30.3 Å². The van der Waals surface area contributed by atoms with Crippen LogP contribution in [0.5, 0.6) is 17.4 Å². The molecule has 0 fully saturated rings. The summed E-state index contributed by atoms with van der Waals surface area (Å²) in [5, 5.41) is 10.4. The van der Waals surface area contributed by atoms with Gasteiger partial charge in [0, 0.05) is 5.56 Å². The predicted molar refractivity (Wildman–Crippen MR) is 122 cm³/mol. The van der Waals surface area contributed by atoms with E-state index in [1.807, 2.05) is 0 Å². The van der Waals surface area contributed by atoms with Crippen LogP contribution in [0.25, 0.3) is 11.4 Å². The second-order valence-corrected chi connectivity index (χ2v) is 6.98. The number of aldehydes is 1. The van der Waals surface area contributed by atoms with Gasteiger partial charge in [0.15, 0.2) is 0 Å². The molecule has 0 saturated carbocycles. The van der Waals surface area contributed by atoms with E-state index in [9.17, 15) is 19.5 Å². The van der Waals surface area contributed by atoms with Crippen LogP contribution in [-0.4, -0.2) is 33.7 Å². The van der Waals surface area contributed by atoms with E-state index in [1.54, 1.807) is 78.9 Å². The Morgan fingerprint density at radius 2 is 1.45 bits per heavy atom. The van der Waals surface area contributed by atoms with Gasteiger partial charge >= 0.3 is 5.69 Å². The van der Waals surface area contributed by atoms with Gasteiger partial charge in [-0.25, -0.2) is 13.9 Å². The lowest BCUT2D eigenvalue weighted by Crippen LogP contribution is -2.37. The predicted octanol–water partition coefficient (Wildman–Crippen LogP) is 2.96. The second-order valence-electron chi connectivity index (χ2n) is 6.98. The molecule has 1 aromatic heterocycles. The molecule has 0 aliphatic heterocycles. The van der Waals surface area contributed by atoms with Gasteiger partial charge in [0.05, 0.1) is 17.4 Å². The lowest BCUT2D eigenvalue weighted by molar-refractivity contribution is 0.112. The highest BCUT2D eigenvalue weighted by atomic mass is 16.5. The number of para-hydroxylation sites is 3. The number of hydrogen-bond donors (Lipinski definition) is 1. The molecule has 0 aliphatic rings. The maximum Gasteiger partial charge on any atom is 0.343 e. The van der Waals surface area contributed by atoms with Gasteiger partial charge in [-0.05, 0) is 48.5 Å². The van der Waals surface area contributed by atoms with Crippen molar-refractivity contribution in [3.05, 3.63) is 111 Å². The van der Waals surface area contributed by atoms with Crippen molar-refractivity contribution in [1.82, 2.24) is 9.13 Å². The van der Waals surface area contributed by atoms with Crippen LogP contribution in [0.3, 0.4) is 0 Å². The van der Waals surface area contributed by atoms with Gasteiger partial charge in [-0.3, -0.25) is 9.59 Å². The lowest BCUT2D eigenvalue weighted by atomic mass is 10.2. The molecule has 8 heteroatoms. The van der Waals surface area contributed by atoms with Crippen LogP contribution in [0.15, 0.2) is 94.5 Å². The number of aromatic hydroxyl groups is 1. The summed E-state index contributed by atoms with van der Waals surface area (Å²) >= 11 is 0. The minimum absolute atomic E-state index is 0.153. The third-order valence-electron chi connectivity index (χ3n) is 4.83. The summed E-state index contributed by atoms with van der Waals surface area (Å²) in [5.41, 5.74) is -0.163. The molecule has 33 heavy (non-hydrogen) atoms. The van der Waals surface area contributed by atoms with E-state index >= 15 is 0 Å². The van der Waals surface area contributed by atoms with E-state index in [0.29, 0.717) is 22.7 Å². The number of hydrogen-bond acceptors (Lipinski definition) is 6. The van der Waals surface area contributed by atoms with Crippen LogP contribution in [0.4, 0.5) is 0 Å². The molecule has 0 saturated heterocycles. The third-order valence-corrected chi connectivity index (χ3v) is 4.83. The van der Waals surface area contributed by atoms with Crippen molar-refractivity contribution in [2.24, 2.45) is 0 Å². The fourth-order valence-electron chi connectivity index (χ4n) is 3.29. The topological polar surface area (TPSA) is 99.8 Å². The van der Waals surface area contributed by atoms with E-state index in [1.165, 1.54) is 0 Å². The van der Waals surface area contributed by atoms with Crippen LogP contribution in [-0.2, 0) is 0 Å². The maximum absolute atomic E-state index is 13.2. The molecule has 3 aromatic carbocycles. The molecule has 4 aromatic rings. The summed E-state index contributed by atoms with van der Waals surface area (Å²) in [6.45, 7) is 0.361. The Morgan fingerprint density at radius 3 is 2.18 bits per heavy atom. The molecular weight excluding hydrogens is 424 g/mol. The first-order valence-electron chi connectivity index (χ1n) is 10.1. The van der Waals surface area contributed by atoms with Gasteiger partial charge in [0.25, 0.3) is 5.56 Å². The molecule has 1 N–H and O–H groups in total. The van der Waals surface area contributed by atoms with Crippen LogP contribution in [0.2, 0.25) is 0 Å². The average molecular weight is 444 g/mol. The monoisotopic (exact) mass is 444 g/mol. The molecule has 0 atom stereocenters. The van der Waals surface area contributed by atoms with E-state index < -0.39 is 17.1 Å². The number of nitrogens with zero attached hydrogens (tertiary/aromatic N) is 2. The molecule has 4 rings (SSSR count). The first-order valence-corrected chi connectivity index (χ1v) is 10.1. The number of rotatable bonds is 8. The van der Waals surface area contributed by atoms with E-state index in [0.717, 1.165) is 21.5 Å². The SMILES string of the molecule is O=Cc1ccc(OCCOc2ccccc2-n2c(O)cc(=O)n(-c3ccccc3)c2=O)cc1. The van der Waals surface area contributed by atoms with Crippen molar-refractivity contribution in [2.45, 2.75) is 0 Å². The Morgan fingerprint density at radius 1 is 0.788 bits per heavy atom.